The number of halogens is 3. The fourth-order valence-electron chi connectivity index (χ4n) is 2.41. The highest BCUT2D eigenvalue weighted by Gasteiger charge is 2.12. The number of nitrogens with zero attached hydrogens (tertiary/aromatic N) is 3. The van der Waals surface area contributed by atoms with Gasteiger partial charge in [0, 0.05) is 35.4 Å². The maximum atomic E-state index is 12.3. The average Bonchev–Trinajstić information content (AvgIpc) is 2.74. The van der Waals surface area contributed by atoms with Crippen LogP contribution < -0.4 is 15.6 Å². The van der Waals surface area contributed by atoms with Gasteiger partial charge in [0.05, 0.1) is 16.2 Å². The van der Waals surface area contributed by atoms with Gasteiger partial charge in [0.2, 0.25) is 5.91 Å². The minimum atomic E-state index is -0.635. The minimum absolute atomic E-state index is 0.0354. The van der Waals surface area contributed by atoms with E-state index in [2.05, 4.69) is 20.1 Å². The molecule has 30 heavy (non-hydrogen) atoms. The van der Waals surface area contributed by atoms with Gasteiger partial charge < -0.3 is 5.32 Å². The number of hydrogen-bond acceptors (Lipinski definition) is 6. The third kappa shape index (κ3) is 6.20. The van der Waals surface area contributed by atoms with Crippen molar-refractivity contribution in [3.8, 4) is 0 Å². The number of pyridine rings is 1. The SMILES string of the molecule is O=C(Cn1ncc(Cl)c(Cl)c1=O)Nc1ccc(Cl)c(SNCCc2ccccn2)c1. The normalized spacial score (nSPS) is 10.8. The molecule has 2 aromatic heterocycles. The van der Waals surface area contributed by atoms with Crippen molar-refractivity contribution in [2.75, 3.05) is 11.9 Å². The van der Waals surface area contributed by atoms with E-state index in [0.29, 0.717) is 17.3 Å². The van der Waals surface area contributed by atoms with Crippen molar-refractivity contribution < 1.29 is 4.79 Å². The third-order valence-electron chi connectivity index (χ3n) is 3.84. The molecule has 0 saturated carbocycles. The molecule has 0 aliphatic rings. The zero-order chi connectivity index (χ0) is 21.5. The number of hydrogen-bond donors (Lipinski definition) is 2. The summed E-state index contributed by atoms with van der Waals surface area (Å²) in [6.45, 7) is 0.393. The van der Waals surface area contributed by atoms with Crippen molar-refractivity contribution >= 4 is 58.3 Å². The van der Waals surface area contributed by atoms with Crippen molar-refractivity contribution in [2.45, 2.75) is 17.9 Å². The summed E-state index contributed by atoms with van der Waals surface area (Å²) < 4.78 is 4.17. The van der Waals surface area contributed by atoms with Gasteiger partial charge in [0.25, 0.3) is 5.56 Å². The van der Waals surface area contributed by atoms with E-state index in [4.69, 9.17) is 34.8 Å². The predicted molar refractivity (Wildman–Crippen MR) is 120 cm³/mol. The third-order valence-corrected chi connectivity index (χ3v) is 5.94. The Morgan fingerprint density at radius 2 is 1.97 bits per heavy atom. The molecule has 0 bridgehead atoms. The first-order chi connectivity index (χ1) is 14.4. The molecule has 0 radical (unpaired) electrons. The van der Waals surface area contributed by atoms with E-state index < -0.39 is 11.5 Å². The number of rotatable bonds is 8. The van der Waals surface area contributed by atoms with Gasteiger partial charge in [0.15, 0.2) is 0 Å². The van der Waals surface area contributed by atoms with Crippen LogP contribution in [0.1, 0.15) is 5.69 Å². The van der Waals surface area contributed by atoms with Gasteiger partial charge in [0.1, 0.15) is 11.6 Å². The standard InChI is InChI=1S/C19H16Cl3N5O2S/c20-14-5-4-13(9-16(14)30-25-8-6-12-3-1-2-7-23-12)26-17(28)11-27-19(29)18(22)15(21)10-24-27/h1-5,7,9-10,25H,6,8,11H2,(H,26,28). The molecule has 1 aromatic carbocycles. The van der Waals surface area contributed by atoms with Gasteiger partial charge in [-0.05, 0) is 42.3 Å². The van der Waals surface area contributed by atoms with E-state index in [1.807, 2.05) is 18.2 Å². The maximum Gasteiger partial charge on any atom is 0.287 e. The van der Waals surface area contributed by atoms with E-state index in [-0.39, 0.29) is 16.6 Å². The Hall–Kier alpha value is -2.10. The van der Waals surface area contributed by atoms with Crippen LogP contribution in [0.5, 0.6) is 0 Å². The van der Waals surface area contributed by atoms with Crippen LogP contribution in [0.2, 0.25) is 15.1 Å². The molecule has 7 nitrogen and oxygen atoms in total. The second-order valence-electron chi connectivity index (χ2n) is 6.03. The van der Waals surface area contributed by atoms with Crippen LogP contribution in [-0.4, -0.2) is 27.2 Å². The monoisotopic (exact) mass is 483 g/mol. The second kappa shape index (κ2) is 10.8. The van der Waals surface area contributed by atoms with Crippen LogP contribution in [0.3, 0.4) is 0 Å². The topological polar surface area (TPSA) is 88.9 Å². The fourth-order valence-corrected chi connectivity index (χ4v) is 3.62. The van der Waals surface area contributed by atoms with E-state index in [9.17, 15) is 9.59 Å². The number of amides is 1. The molecular formula is C19H16Cl3N5O2S. The minimum Gasteiger partial charge on any atom is -0.324 e. The van der Waals surface area contributed by atoms with Gasteiger partial charge in [-0.15, -0.1) is 0 Å². The van der Waals surface area contributed by atoms with E-state index in [1.165, 1.54) is 18.1 Å². The van der Waals surface area contributed by atoms with Crippen LogP contribution in [-0.2, 0) is 17.8 Å². The number of benzene rings is 1. The predicted octanol–water partition coefficient (Wildman–Crippen LogP) is 4.08. The lowest BCUT2D eigenvalue weighted by molar-refractivity contribution is -0.117. The van der Waals surface area contributed by atoms with Crippen molar-refractivity contribution in [2.24, 2.45) is 0 Å². The number of nitrogens with one attached hydrogen (secondary N) is 2. The Morgan fingerprint density at radius 3 is 2.73 bits per heavy atom. The second-order valence-corrected chi connectivity index (χ2v) is 8.16. The lowest BCUT2D eigenvalue weighted by atomic mass is 10.3. The first-order valence-electron chi connectivity index (χ1n) is 8.74. The molecule has 0 aliphatic carbocycles. The van der Waals surface area contributed by atoms with Gasteiger partial charge in [-0.1, -0.05) is 40.9 Å². The molecule has 2 N–H and O–H groups in total. The van der Waals surface area contributed by atoms with Crippen LogP contribution in [0, 0.1) is 0 Å². The Kier molecular flexibility index (Phi) is 8.12. The molecule has 0 aliphatic heterocycles. The lowest BCUT2D eigenvalue weighted by Crippen LogP contribution is -2.29. The Labute approximate surface area is 191 Å². The summed E-state index contributed by atoms with van der Waals surface area (Å²) in [5.41, 5.74) is 0.888. The highest BCUT2D eigenvalue weighted by molar-refractivity contribution is 7.97. The van der Waals surface area contributed by atoms with Crippen molar-refractivity contribution in [1.82, 2.24) is 19.5 Å². The largest absolute Gasteiger partial charge is 0.324 e. The molecule has 3 aromatic rings. The number of anilines is 1. The van der Waals surface area contributed by atoms with Crippen molar-refractivity contribution in [1.29, 1.82) is 0 Å². The highest BCUT2D eigenvalue weighted by Crippen LogP contribution is 2.28. The van der Waals surface area contributed by atoms with Crippen molar-refractivity contribution in [3.05, 3.63) is 79.9 Å². The molecule has 1 amide bonds. The van der Waals surface area contributed by atoms with E-state index in [1.54, 1.807) is 24.4 Å². The Balaban J connectivity index is 1.57. The zero-order valence-corrected chi connectivity index (χ0v) is 18.5. The van der Waals surface area contributed by atoms with E-state index >= 15 is 0 Å². The molecule has 0 unspecified atom stereocenters. The molecule has 0 spiro atoms. The number of carbonyl (C=O) groups is 1. The molecule has 3 rings (SSSR count). The molecule has 11 heteroatoms. The van der Waals surface area contributed by atoms with E-state index in [0.717, 1.165) is 21.7 Å². The quantitative estimate of drug-likeness (QED) is 0.370. The fraction of sp³-hybridized carbons (Fsp3) is 0.158. The van der Waals surface area contributed by atoms with Gasteiger partial charge in [-0.2, -0.15) is 5.10 Å². The zero-order valence-electron chi connectivity index (χ0n) is 15.4. The molecular weight excluding hydrogens is 469 g/mol. The van der Waals surface area contributed by atoms with Gasteiger partial charge in [-0.3, -0.25) is 19.3 Å². The molecule has 0 saturated heterocycles. The molecule has 156 valence electrons. The highest BCUT2D eigenvalue weighted by atomic mass is 35.5. The van der Waals surface area contributed by atoms with Crippen LogP contribution in [0.4, 0.5) is 5.69 Å². The summed E-state index contributed by atoms with van der Waals surface area (Å²) in [6, 6.07) is 10.9. The molecule has 0 atom stereocenters. The molecule has 2 heterocycles. The number of aromatic nitrogens is 3. The summed E-state index contributed by atoms with van der Waals surface area (Å²) in [6.07, 6.45) is 3.74. The Bertz CT molecular complexity index is 1100. The number of carbonyl (C=O) groups excluding carboxylic acids is 1. The summed E-state index contributed by atoms with van der Waals surface area (Å²) in [5.74, 6) is -0.440. The first-order valence-corrected chi connectivity index (χ1v) is 10.7. The lowest BCUT2D eigenvalue weighted by Gasteiger charge is -2.10. The van der Waals surface area contributed by atoms with Gasteiger partial charge in [-0.25, -0.2) is 4.68 Å². The average molecular weight is 485 g/mol. The van der Waals surface area contributed by atoms with Crippen LogP contribution >= 0.6 is 46.8 Å². The Morgan fingerprint density at radius 1 is 1.13 bits per heavy atom. The van der Waals surface area contributed by atoms with Gasteiger partial charge >= 0.3 is 0 Å². The first kappa shape index (κ1) is 22.6. The summed E-state index contributed by atoms with van der Waals surface area (Å²) in [5, 5.41) is 6.93. The van der Waals surface area contributed by atoms with Crippen LogP contribution in [0.15, 0.2) is 58.5 Å². The smallest absolute Gasteiger partial charge is 0.287 e. The summed E-state index contributed by atoms with van der Waals surface area (Å²) >= 11 is 19.1. The van der Waals surface area contributed by atoms with Crippen molar-refractivity contribution in [3.63, 3.8) is 0 Å². The summed E-state index contributed by atoms with van der Waals surface area (Å²) in [7, 11) is 0. The maximum absolute atomic E-state index is 12.3. The summed E-state index contributed by atoms with van der Waals surface area (Å²) in [4.78, 5) is 29.3. The molecule has 0 fully saturated rings. The van der Waals surface area contributed by atoms with Crippen LogP contribution in [0.25, 0.3) is 0 Å².